The van der Waals surface area contributed by atoms with Gasteiger partial charge in [0, 0.05) is 19.5 Å². The maximum atomic E-state index is 12.3. The third-order valence-electron chi connectivity index (χ3n) is 3.86. The van der Waals surface area contributed by atoms with Gasteiger partial charge in [-0.15, -0.1) is 5.10 Å². The molecule has 1 aliphatic heterocycles. The summed E-state index contributed by atoms with van der Waals surface area (Å²) in [5.74, 6) is 1.08. The lowest BCUT2D eigenvalue weighted by molar-refractivity contribution is -0.113. The summed E-state index contributed by atoms with van der Waals surface area (Å²) in [4.78, 5) is 18.9. The lowest BCUT2D eigenvalue weighted by Gasteiger charge is -2.30. The van der Waals surface area contributed by atoms with E-state index in [1.807, 2.05) is 24.3 Å². The number of ether oxygens (including phenoxy) is 1. The summed E-state index contributed by atoms with van der Waals surface area (Å²) >= 11 is 1.34. The van der Waals surface area contributed by atoms with Gasteiger partial charge < -0.3 is 15.0 Å². The van der Waals surface area contributed by atoms with Crippen molar-refractivity contribution in [1.29, 1.82) is 0 Å². The van der Waals surface area contributed by atoms with E-state index < -0.39 is 0 Å². The van der Waals surface area contributed by atoms with Crippen molar-refractivity contribution in [2.45, 2.75) is 24.9 Å². The van der Waals surface area contributed by atoms with Gasteiger partial charge in [0.2, 0.25) is 11.1 Å². The number of benzene rings is 1. The third kappa shape index (κ3) is 4.96. The van der Waals surface area contributed by atoms with Gasteiger partial charge in [0.15, 0.2) is 0 Å². The van der Waals surface area contributed by atoms with Crippen molar-refractivity contribution < 1.29 is 9.53 Å². The Labute approximate surface area is 151 Å². The molecule has 1 amide bonds. The van der Waals surface area contributed by atoms with E-state index >= 15 is 0 Å². The summed E-state index contributed by atoms with van der Waals surface area (Å²) in [6.07, 6.45) is 1.88. The maximum absolute atomic E-state index is 12.3. The molecule has 0 bridgehead atoms. The van der Waals surface area contributed by atoms with Gasteiger partial charge in [-0.2, -0.15) is 0 Å². The Morgan fingerprint density at radius 2 is 2.16 bits per heavy atom. The molecule has 0 unspecified atom stereocenters. The summed E-state index contributed by atoms with van der Waals surface area (Å²) in [5.41, 5.74) is 1.86. The van der Waals surface area contributed by atoms with Crippen molar-refractivity contribution in [3.8, 4) is 0 Å². The summed E-state index contributed by atoms with van der Waals surface area (Å²) < 4.78 is 5.40. The van der Waals surface area contributed by atoms with E-state index in [1.54, 1.807) is 0 Å². The largest absolute Gasteiger partial charge is 0.378 e. The van der Waals surface area contributed by atoms with Crippen LogP contribution in [0.1, 0.15) is 19.2 Å². The third-order valence-corrected chi connectivity index (χ3v) is 4.71. The zero-order valence-corrected chi connectivity index (χ0v) is 15.1. The van der Waals surface area contributed by atoms with Crippen LogP contribution in [0.15, 0.2) is 29.4 Å². The van der Waals surface area contributed by atoms with Crippen LogP contribution in [0.3, 0.4) is 0 Å². The molecule has 1 aromatic carbocycles. The van der Waals surface area contributed by atoms with Crippen LogP contribution in [0.25, 0.3) is 0 Å². The van der Waals surface area contributed by atoms with Crippen LogP contribution < -0.4 is 10.2 Å². The number of amides is 1. The number of nitrogens with zero attached hydrogens (tertiary/aromatic N) is 3. The Balaban J connectivity index is 1.57. The number of aromatic amines is 1. The average Bonchev–Trinajstić information content (AvgIpc) is 3.09. The number of anilines is 2. The zero-order valence-electron chi connectivity index (χ0n) is 14.3. The number of carbonyl (C=O) groups excluding carboxylic acids is 1. The standard InChI is InChI=1S/C17H23N5O2S/c1-2-5-15-19-17(21-20-15)25-12-16(23)18-13-6-3-4-7-14(13)22-8-10-24-11-9-22/h3-4,6-7H,2,5,8-12H2,1H3,(H,18,23)(H,19,20,21). The topological polar surface area (TPSA) is 83.1 Å². The van der Waals surface area contributed by atoms with E-state index in [9.17, 15) is 4.79 Å². The number of thioether (sulfide) groups is 1. The van der Waals surface area contributed by atoms with Crippen LogP contribution in [0.4, 0.5) is 11.4 Å². The Kier molecular flexibility index (Phi) is 6.30. The number of para-hydroxylation sites is 2. The first kappa shape index (κ1) is 17.8. The molecule has 2 aromatic rings. The lowest BCUT2D eigenvalue weighted by atomic mass is 10.2. The lowest BCUT2D eigenvalue weighted by Crippen LogP contribution is -2.36. The summed E-state index contributed by atoms with van der Waals surface area (Å²) in [6, 6.07) is 7.87. The molecule has 2 heterocycles. The van der Waals surface area contributed by atoms with Crippen molar-refractivity contribution in [2.75, 3.05) is 42.3 Å². The molecule has 1 aliphatic rings. The van der Waals surface area contributed by atoms with Gasteiger partial charge in [0.1, 0.15) is 5.82 Å². The summed E-state index contributed by atoms with van der Waals surface area (Å²) in [7, 11) is 0. The van der Waals surface area contributed by atoms with E-state index in [4.69, 9.17) is 4.74 Å². The molecule has 1 fully saturated rings. The number of hydrogen-bond donors (Lipinski definition) is 2. The molecule has 25 heavy (non-hydrogen) atoms. The Morgan fingerprint density at radius 1 is 1.36 bits per heavy atom. The van der Waals surface area contributed by atoms with Crippen LogP contribution in [-0.2, 0) is 16.0 Å². The maximum Gasteiger partial charge on any atom is 0.234 e. The van der Waals surface area contributed by atoms with Crippen LogP contribution in [0.5, 0.6) is 0 Å². The normalized spacial score (nSPS) is 14.5. The fourth-order valence-electron chi connectivity index (χ4n) is 2.67. The molecule has 0 spiro atoms. The molecule has 1 aromatic heterocycles. The van der Waals surface area contributed by atoms with Crippen LogP contribution in [-0.4, -0.2) is 53.1 Å². The van der Waals surface area contributed by atoms with Crippen molar-refractivity contribution >= 4 is 29.0 Å². The molecule has 0 aliphatic carbocycles. The van der Waals surface area contributed by atoms with Crippen molar-refractivity contribution in [1.82, 2.24) is 15.2 Å². The minimum Gasteiger partial charge on any atom is -0.378 e. The van der Waals surface area contributed by atoms with Crippen molar-refractivity contribution in [2.24, 2.45) is 0 Å². The highest BCUT2D eigenvalue weighted by Crippen LogP contribution is 2.26. The fourth-order valence-corrected chi connectivity index (χ4v) is 3.28. The number of aryl methyl sites for hydroxylation is 1. The number of hydrogen-bond acceptors (Lipinski definition) is 6. The van der Waals surface area contributed by atoms with Gasteiger partial charge in [-0.25, -0.2) is 4.98 Å². The molecule has 8 heteroatoms. The van der Waals surface area contributed by atoms with Crippen LogP contribution in [0.2, 0.25) is 0 Å². The van der Waals surface area contributed by atoms with E-state index in [2.05, 4.69) is 32.3 Å². The van der Waals surface area contributed by atoms with Crippen LogP contribution >= 0.6 is 11.8 Å². The van der Waals surface area contributed by atoms with Gasteiger partial charge >= 0.3 is 0 Å². The number of morpholine rings is 1. The fraction of sp³-hybridized carbons (Fsp3) is 0.471. The van der Waals surface area contributed by atoms with Crippen LogP contribution in [0, 0.1) is 0 Å². The second-order valence-electron chi connectivity index (χ2n) is 5.77. The minimum atomic E-state index is -0.0625. The highest BCUT2D eigenvalue weighted by atomic mass is 32.2. The number of H-pyrrole nitrogens is 1. The molecule has 1 saturated heterocycles. The predicted octanol–water partition coefficient (Wildman–Crippen LogP) is 2.32. The van der Waals surface area contributed by atoms with Gasteiger partial charge in [-0.3, -0.25) is 9.89 Å². The first-order chi connectivity index (χ1) is 12.3. The van der Waals surface area contributed by atoms with E-state index in [0.717, 1.165) is 43.1 Å². The molecular weight excluding hydrogens is 338 g/mol. The van der Waals surface area contributed by atoms with E-state index in [0.29, 0.717) is 18.4 Å². The van der Waals surface area contributed by atoms with Gasteiger partial charge in [0.05, 0.1) is 30.3 Å². The van der Waals surface area contributed by atoms with Crippen molar-refractivity contribution in [3.05, 3.63) is 30.1 Å². The van der Waals surface area contributed by atoms with Gasteiger partial charge in [-0.05, 0) is 18.6 Å². The summed E-state index contributed by atoms with van der Waals surface area (Å²) in [6.45, 7) is 5.18. The van der Waals surface area contributed by atoms with E-state index in [-0.39, 0.29) is 11.7 Å². The summed E-state index contributed by atoms with van der Waals surface area (Å²) in [5, 5.41) is 10.6. The molecular formula is C17H23N5O2S. The second kappa shape index (κ2) is 8.87. The molecule has 3 rings (SSSR count). The number of carbonyl (C=O) groups is 1. The SMILES string of the molecule is CCCc1nc(SCC(=O)Nc2ccccc2N2CCOCC2)n[nH]1. The van der Waals surface area contributed by atoms with Gasteiger partial charge in [0.25, 0.3) is 0 Å². The molecule has 2 N–H and O–H groups in total. The van der Waals surface area contributed by atoms with Crippen molar-refractivity contribution in [3.63, 3.8) is 0 Å². The number of rotatable bonds is 7. The average molecular weight is 361 g/mol. The number of nitrogens with one attached hydrogen (secondary N) is 2. The molecule has 0 radical (unpaired) electrons. The molecule has 0 saturated carbocycles. The zero-order chi connectivity index (χ0) is 17.5. The molecule has 0 atom stereocenters. The molecule has 7 nitrogen and oxygen atoms in total. The Morgan fingerprint density at radius 3 is 2.96 bits per heavy atom. The highest BCUT2D eigenvalue weighted by molar-refractivity contribution is 7.99. The first-order valence-corrected chi connectivity index (χ1v) is 9.50. The number of aromatic nitrogens is 3. The van der Waals surface area contributed by atoms with Gasteiger partial charge in [-0.1, -0.05) is 30.8 Å². The predicted molar refractivity (Wildman–Crippen MR) is 99.2 cm³/mol. The smallest absolute Gasteiger partial charge is 0.234 e. The quantitative estimate of drug-likeness (QED) is 0.737. The Hall–Kier alpha value is -2.06. The Bertz CT molecular complexity index is 700. The second-order valence-corrected chi connectivity index (χ2v) is 6.71. The highest BCUT2D eigenvalue weighted by Gasteiger charge is 2.16. The molecule has 134 valence electrons. The first-order valence-electron chi connectivity index (χ1n) is 8.52. The van der Waals surface area contributed by atoms with E-state index in [1.165, 1.54) is 11.8 Å². The minimum absolute atomic E-state index is 0.0625. The monoisotopic (exact) mass is 361 g/mol.